The monoisotopic (exact) mass is 281 g/mol. The molecule has 20 heavy (non-hydrogen) atoms. The minimum Gasteiger partial charge on any atom is -0.485 e. The zero-order valence-corrected chi connectivity index (χ0v) is 12.8. The molecule has 0 aliphatic heterocycles. The maximum Gasteiger partial charge on any atom is 0.333 e. The van der Waals surface area contributed by atoms with Crippen LogP contribution in [0.2, 0.25) is 0 Å². The Hall–Kier alpha value is -1.82. The lowest BCUT2D eigenvalue weighted by Crippen LogP contribution is -2.43. The Morgan fingerprint density at radius 2 is 2.05 bits per heavy atom. The molecule has 1 rings (SSSR count). The number of hydrogen-bond acceptors (Lipinski definition) is 5. The van der Waals surface area contributed by atoms with Crippen LogP contribution in [-0.2, 0) is 0 Å². The first-order valence-corrected chi connectivity index (χ1v) is 6.61. The molecule has 0 heterocycles. The molecule has 6 heteroatoms. The van der Waals surface area contributed by atoms with Gasteiger partial charge in [0.25, 0.3) is 0 Å². The number of likely N-dealkylation sites (N-methyl/N-ethyl adjacent to an activating group) is 1. The molecular formula is C14H23N3O3. The molecule has 0 saturated heterocycles. The average molecular weight is 281 g/mol. The summed E-state index contributed by atoms with van der Waals surface area (Å²) < 4.78 is 5.69. The molecule has 1 aromatic carbocycles. The van der Waals surface area contributed by atoms with Crippen LogP contribution in [0.5, 0.6) is 5.75 Å². The minimum atomic E-state index is -0.407. The van der Waals surface area contributed by atoms with Crippen LogP contribution in [0.25, 0.3) is 0 Å². The first kappa shape index (κ1) is 16.2. The van der Waals surface area contributed by atoms with Crippen molar-refractivity contribution in [2.75, 3.05) is 32.6 Å². The van der Waals surface area contributed by atoms with Gasteiger partial charge in [0.1, 0.15) is 12.3 Å². The summed E-state index contributed by atoms with van der Waals surface area (Å²) in [6.45, 7) is 6.93. The number of hydrogen-bond donors (Lipinski definition) is 1. The second-order valence-electron chi connectivity index (χ2n) is 5.44. The maximum absolute atomic E-state index is 11.3. The number of nitrogens with zero attached hydrogens (tertiary/aromatic N) is 2. The normalized spacial score (nSPS) is 11.5. The summed E-state index contributed by atoms with van der Waals surface area (Å²) in [5.41, 5.74) is 0.267. The van der Waals surface area contributed by atoms with E-state index in [1.54, 1.807) is 18.2 Å². The van der Waals surface area contributed by atoms with Crippen molar-refractivity contribution in [3.05, 3.63) is 28.3 Å². The molecule has 0 bridgehead atoms. The van der Waals surface area contributed by atoms with Gasteiger partial charge in [0.2, 0.25) is 0 Å². The van der Waals surface area contributed by atoms with E-state index in [1.165, 1.54) is 0 Å². The molecular weight excluding hydrogens is 258 g/mol. The fourth-order valence-electron chi connectivity index (χ4n) is 1.54. The van der Waals surface area contributed by atoms with Gasteiger partial charge in [-0.25, -0.2) is 0 Å². The molecule has 1 aromatic rings. The number of nitro benzene ring substituents is 1. The molecule has 0 saturated carbocycles. The first-order valence-electron chi connectivity index (χ1n) is 6.61. The average Bonchev–Trinajstić information content (AvgIpc) is 2.36. The Kier molecular flexibility index (Phi) is 5.33. The van der Waals surface area contributed by atoms with Gasteiger partial charge in [0, 0.05) is 12.1 Å². The molecule has 0 radical (unpaired) electrons. The van der Waals surface area contributed by atoms with Crippen LogP contribution in [0.4, 0.5) is 11.4 Å². The molecule has 0 amide bonds. The molecule has 0 fully saturated rings. The van der Waals surface area contributed by atoms with Crippen molar-refractivity contribution in [2.24, 2.45) is 0 Å². The number of anilines is 1. The number of nitrogens with one attached hydrogen (secondary N) is 1. The standard InChI is InChI=1S/C14H23N3O3/c1-6-15-11-8-7-9-12(13(11)17(18)19)20-10-14(2,3)16(4)5/h7-9,15H,6,10H2,1-5H3. The lowest BCUT2D eigenvalue weighted by molar-refractivity contribution is -0.385. The van der Waals surface area contributed by atoms with Crippen molar-refractivity contribution in [3.63, 3.8) is 0 Å². The van der Waals surface area contributed by atoms with Crippen LogP contribution in [-0.4, -0.2) is 42.6 Å². The molecule has 1 N–H and O–H groups in total. The number of benzene rings is 1. The van der Waals surface area contributed by atoms with Gasteiger partial charge in [-0.1, -0.05) is 6.07 Å². The summed E-state index contributed by atoms with van der Waals surface area (Å²) in [5, 5.41) is 14.2. The molecule has 0 unspecified atom stereocenters. The molecule has 0 aromatic heterocycles. The molecule has 0 atom stereocenters. The largest absolute Gasteiger partial charge is 0.485 e. The van der Waals surface area contributed by atoms with Crippen molar-refractivity contribution in [3.8, 4) is 5.75 Å². The van der Waals surface area contributed by atoms with Gasteiger partial charge in [-0.05, 0) is 47.0 Å². The van der Waals surface area contributed by atoms with E-state index < -0.39 is 4.92 Å². The highest BCUT2D eigenvalue weighted by Gasteiger charge is 2.25. The molecule has 0 aliphatic carbocycles. The smallest absolute Gasteiger partial charge is 0.333 e. The lowest BCUT2D eigenvalue weighted by Gasteiger charge is -2.32. The van der Waals surface area contributed by atoms with E-state index in [-0.39, 0.29) is 11.2 Å². The van der Waals surface area contributed by atoms with E-state index in [9.17, 15) is 10.1 Å². The lowest BCUT2D eigenvalue weighted by atomic mass is 10.1. The zero-order chi connectivity index (χ0) is 15.3. The summed E-state index contributed by atoms with van der Waals surface area (Å²) in [7, 11) is 3.90. The Balaban J connectivity index is 3.00. The van der Waals surface area contributed by atoms with Crippen LogP contribution in [0.15, 0.2) is 18.2 Å². The van der Waals surface area contributed by atoms with Crippen LogP contribution in [0, 0.1) is 10.1 Å². The Bertz CT molecular complexity index is 473. The molecule has 112 valence electrons. The summed E-state index contributed by atoms with van der Waals surface area (Å²) in [6, 6.07) is 5.07. The SMILES string of the molecule is CCNc1cccc(OCC(C)(C)N(C)C)c1[N+](=O)[O-]. The quantitative estimate of drug-likeness (QED) is 0.615. The van der Waals surface area contributed by atoms with Gasteiger partial charge in [0.15, 0.2) is 5.75 Å². The van der Waals surface area contributed by atoms with Gasteiger partial charge >= 0.3 is 5.69 Å². The van der Waals surface area contributed by atoms with E-state index in [0.29, 0.717) is 24.6 Å². The topological polar surface area (TPSA) is 67.6 Å². The van der Waals surface area contributed by atoms with Crippen LogP contribution < -0.4 is 10.1 Å². The second kappa shape index (κ2) is 6.56. The van der Waals surface area contributed by atoms with Gasteiger partial charge in [-0.15, -0.1) is 0 Å². The Morgan fingerprint density at radius 3 is 2.55 bits per heavy atom. The predicted molar refractivity (Wildman–Crippen MR) is 80.5 cm³/mol. The Morgan fingerprint density at radius 1 is 1.40 bits per heavy atom. The molecule has 6 nitrogen and oxygen atoms in total. The fraction of sp³-hybridized carbons (Fsp3) is 0.571. The van der Waals surface area contributed by atoms with Gasteiger partial charge in [0.05, 0.1) is 4.92 Å². The number of rotatable bonds is 7. The predicted octanol–water partition coefficient (Wildman–Crippen LogP) is 2.75. The van der Waals surface area contributed by atoms with Crippen molar-refractivity contribution < 1.29 is 9.66 Å². The van der Waals surface area contributed by atoms with Gasteiger partial charge in [-0.2, -0.15) is 0 Å². The van der Waals surface area contributed by atoms with Crippen molar-refractivity contribution >= 4 is 11.4 Å². The van der Waals surface area contributed by atoms with E-state index in [2.05, 4.69) is 5.32 Å². The summed E-state index contributed by atoms with van der Waals surface area (Å²) in [5.74, 6) is 0.295. The summed E-state index contributed by atoms with van der Waals surface area (Å²) in [6.07, 6.45) is 0. The minimum absolute atomic E-state index is 0.0103. The second-order valence-corrected chi connectivity index (χ2v) is 5.44. The van der Waals surface area contributed by atoms with E-state index in [1.807, 2.05) is 39.8 Å². The highest BCUT2D eigenvalue weighted by atomic mass is 16.6. The van der Waals surface area contributed by atoms with Crippen LogP contribution >= 0.6 is 0 Å². The highest BCUT2D eigenvalue weighted by molar-refractivity contribution is 5.68. The third-order valence-electron chi connectivity index (χ3n) is 3.34. The van der Waals surface area contributed by atoms with Gasteiger partial charge in [-0.3, -0.25) is 10.1 Å². The fourth-order valence-corrected chi connectivity index (χ4v) is 1.54. The molecule has 0 spiro atoms. The number of nitro groups is 1. The number of ether oxygens (including phenoxy) is 1. The zero-order valence-electron chi connectivity index (χ0n) is 12.8. The first-order chi connectivity index (χ1) is 9.29. The van der Waals surface area contributed by atoms with E-state index in [4.69, 9.17) is 4.74 Å². The highest BCUT2D eigenvalue weighted by Crippen LogP contribution is 2.35. The van der Waals surface area contributed by atoms with Gasteiger partial charge < -0.3 is 15.0 Å². The van der Waals surface area contributed by atoms with Crippen LogP contribution in [0.3, 0.4) is 0 Å². The Labute approximate surface area is 119 Å². The third kappa shape index (κ3) is 3.84. The molecule has 0 aliphatic rings. The summed E-state index contributed by atoms with van der Waals surface area (Å²) in [4.78, 5) is 12.9. The number of para-hydroxylation sites is 1. The summed E-state index contributed by atoms with van der Waals surface area (Å²) >= 11 is 0. The van der Waals surface area contributed by atoms with Crippen LogP contribution in [0.1, 0.15) is 20.8 Å². The van der Waals surface area contributed by atoms with Crippen molar-refractivity contribution in [2.45, 2.75) is 26.3 Å². The van der Waals surface area contributed by atoms with Crippen molar-refractivity contribution in [1.82, 2.24) is 4.90 Å². The van der Waals surface area contributed by atoms with E-state index >= 15 is 0 Å². The third-order valence-corrected chi connectivity index (χ3v) is 3.34. The van der Waals surface area contributed by atoms with E-state index in [0.717, 1.165) is 0 Å². The van der Waals surface area contributed by atoms with Crippen molar-refractivity contribution in [1.29, 1.82) is 0 Å². The maximum atomic E-state index is 11.3.